The Kier molecular flexibility index (Phi) is 10.5. The highest BCUT2D eigenvalue weighted by molar-refractivity contribution is 5.76. The van der Waals surface area contributed by atoms with Gasteiger partial charge in [-0.2, -0.15) is 0 Å². The van der Waals surface area contributed by atoms with E-state index in [1.165, 1.54) is 76.2 Å². The van der Waals surface area contributed by atoms with Crippen LogP contribution in [0.5, 0.6) is 0 Å². The van der Waals surface area contributed by atoms with Crippen LogP contribution in [0.15, 0.2) is 30.3 Å². The van der Waals surface area contributed by atoms with Crippen molar-refractivity contribution in [3.63, 3.8) is 0 Å². The van der Waals surface area contributed by atoms with Crippen LogP contribution in [-0.4, -0.2) is 23.9 Å². The van der Waals surface area contributed by atoms with Gasteiger partial charge in [0.15, 0.2) is 0 Å². The fraction of sp³-hybridized carbons (Fsp3) is 0.708. The Morgan fingerprint density at radius 2 is 1.58 bits per heavy atom. The highest BCUT2D eigenvalue weighted by atomic mass is 16.2. The Bertz CT molecular complexity index is 476. The molecule has 0 aliphatic carbocycles. The molecule has 1 aliphatic rings. The minimum Gasteiger partial charge on any atom is -0.343 e. The SMILES string of the molecule is CCCCCCCCCC(=O)N1CCC(CCCc2ccccc2)CC1. The molecule has 1 fully saturated rings. The molecule has 0 radical (unpaired) electrons. The number of nitrogens with zero attached hydrogens (tertiary/aromatic N) is 1. The number of piperidine rings is 1. The number of amides is 1. The second-order valence-electron chi connectivity index (χ2n) is 8.07. The van der Waals surface area contributed by atoms with E-state index in [9.17, 15) is 4.79 Å². The van der Waals surface area contributed by atoms with Crippen LogP contribution in [0.25, 0.3) is 0 Å². The van der Waals surface area contributed by atoms with Crippen molar-refractivity contribution in [3.05, 3.63) is 35.9 Å². The molecule has 0 spiro atoms. The van der Waals surface area contributed by atoms with Crippen molar-refractivity contribution >= 4 is 5.91 Å². The topological polar surface area (TPSA) is 20.3 Å². The molecule has 146 valence electrons. The van der Waals surface area contributed by atoms with E-state index < -0.39 is 0 Å². The molecule has 1 heterocycles. The van der Waals surface area contributed by atoms with E-state index >= 15 is 0 Å². The number of hydrogen-bond donors (Lipinski definition) is 0. The van der Waals surface area contributed by atoms with Crippen LogP contribution >= 0.6 is 0 Å². The average Bonchev–Trinajstić information content (AvgIpc) is 2.68. The summed E-state index contributed by atoms with van der Waals surface area (Å²) in [6.45, 7) is 4.24. The Morgan fingerprint density at radius 3 is 2.27 bits per heavy atom. The molecule has 0 aromatic heterocycles. The van der Waals surface area contributed by atoms with Gasteiger partial charge in [-0.25, -0.2) is 0 Å². The Balaban J connectivity index is 1.50. The normalized spacial score (nSPS) is 15.3. The van der Waals surface area contributed by atoms with Gasteiger partial charge in [-0.3, -0.25) is 4.79 Å². The van der Waals surface area contributed by atoms with E-state index in [1.54, 1.807) is 0 Å². The number of likely N-dealkylation sites (tertiary alicyclic amines) is 1. The number of rotatable bonds is 12. The molecular weight excluding hydrogens is 318 g/mol. The lowest BCUT2D eigenvalue weighted by molar-refractivity contribution is -0.132. The molecule has 0 unspecified atom stereocenters. The second kappa shape index (κ2) is 12.9. The number of unbranched alkanes of at least 4 members (excludes halogenated alkanes) is 6. The van der Waals surface area contributed by atoms with Crippen molar-refractivity contribution in [2.24, 2.45) is 5.92 Å². The van der Waals surface area contributed by atoms with Gasteiger partial charge in [-0.05, 0) is 50.0 Å². The van der Waals surface area contributed by atoms with Crippen LogP contribution in [0.1, 0.15) is 89.5 Å². The van der Waals surface area contributed by atoms with Gasteiger partial charge in [0.2, 0.25) is 5.91 Å². The third-order valence-corrected chi connectivity index (χ3v) is 5.88. The molecule has 1 aromatic rings. The zero-order chi connectivity index (χ0) is 18.5. The maximum absolute atomic E-state index is 12.4. The van der Waals surface area contributed by atoms with Crippen LogP contribution in [-0.2, 0) is 11.2 Å². The van der Waals surface area contributed by atoms with Crippen LogP contribution < -0.4 is 0 Å². The molecule has 0 atom stereocenters. The molecule has 26 heavy (non-hydrogen) atoms. The molecule has 2 nitrogen and oxygen atoms in total. The number of aryl methyl sites for hydroxylation is 1. The minimum atomic E-state index is 0.404. The predicted octanol–water partition coefficient (Wildman–Crippen LogP) is 6.39. The average molecular weight is 358 g/mol. The van der Waals surface area contributed by atoms with Crippen molar-refractivity contribution in [2.45, 2.75) is 90.4 Å². The summed E-state index contributed by atoms with van der Waals surface area (Å²) in [6.07, 6.45) is 16.0. The summed E-state index contributed by atoms with van der Waals surface area (Å²) in [7, 11) is 0. The predicted molar refractivity (Wildman–Crippen MR) is 111 cm³/mol. The van der Waals surface area contributed by atoms with Gasteiger partial charge in [0, 0.05) is 19.5 Å². The quantitative estimate of drug-likeness (QED) is 0.397. The Labute approximate surface area is 161 Å². The summed E-state index contributed by atoms with van der Waals surface area (Å²) >= 11 is 0. The number of benzene rings is 1. The third-order valence-electron chi connectivity index (χ3n) is 5.88. The van der Waals surface area contributed by atoms with E-state index in [0.717, 1.165) is 31.8 Å². The summed E-state index contributed by atoms with van der Waals surface area (Å²) in [4.78, 5) is 14.5. The van der Waals surface area contributed by atoms with Gasteiger partial charge in [0.1, 0.15) is 0 Å². The number of carbonyl (C=O) groups is 1. The van der Waals surface area contributed by atoms with E-state index in [2.05, 4.69) is 42.2 Å². The van der Waals surface area contributed by atoms with Crippen LogP contribution in [0.3, 0.4) is 0 Å². The molecule has 0 N–H and O–H groups in total. The molecule has 2 heteroatoms. The lowest BCUT2D eigenvalue weighted by Crippen LogP contribution is -2.38. The third kappa shape index (κ3) is 8.38. The van der Waals surface area contributed by atoms with Crippen LogP contribution in [0, 0.1) is 5.92 Å². The van der Waals surface area contributed by atoms with Crippen molar-refractivity contribution in [2.75, 3.05) is 13.1 Å². The first-order valence-corrected chi connectivity index (χ1v) is 11.1. The van der Waals surface area contributed by atoms with Gasteiger partial charge in [0.05, 0.1) is 0 Å². The van der Waals surface area contributed by atoms with E-state index in [1.807, 2.05) is 0 Å². The standard InChI is InChI=1S/C24H39NO/c1-2-3-4-5-6-7-11-17-24(26)25-20-18-23(19-21-25)16-12-15-22-13-9-8-10-14-22/h8-10,13-14,23H,2-7,11-12,15-21H2,1H3. The Hall–Kier alpha value is -1.31. The summed E-state index contributed by atoms with van der Waals surface area (Å²) in [5, 5.41) is 0. The zero-order valence-electron chi connectivity index (χ0n) is 16.9. The number of hydrogen-bond acceptors (Lipinski definition) is 1. The highest BCUT2D eigenvalue weighted by Gasteiger charge is 2.22. The van der Waals surface area contributed by atoms with Gasteiger partial charge in [-0.1, -0.05) is 75.8 Å². The van der Waals surface area contributed by atoms with Gasteiger partial charge < -0.3 is 4.90 Å². The van der Waals surface area contributed by atoms with Crippen molar-refractivity contribution in [1.29, 1.82) is 0 Å². The van der Waals surface area contributed by atoms with E-state index in [4.69, 9.17) is 0 Å². The van der Waals surface area contributed by atoms with Crippen LogP contribution in [0.4, 0.5) is 0 Å². The van der Waals surface area contributed by atoms with Crippen molar-refractivity contribution in [3.8, 4) is 0 Å². The fourth-order valence-electron chi connectivity index (χ4n) is 4.10. The molecule has 1 amide bonds. The summed E-state index contributed by atoms with van der Waals surface area (Å²) in [6, 6.07) is 10.8. The van der Waals surface area contributed by atoms with Gasteiger partial charge in [-0.15, -0.1) is 0 Å². The largest absolute Gasteiger partial charge is 0.343 e. The molecule has 1 aliphatic heterocycles. The lowest BCUT2D eigenvalue weighted by atomic mass is 9.90. The summed E-state index contributed by atoms with van der Waals surface area (Å²) in [5.41, 5.74) is 1.45. The summed E-state index contributed by atoms with van der Waals surface area (Å²) in [5.74, 6) is 1.22. The molecule has 2 rings (SSSR count). The first-order valence-electron chi connectivity index (χ1n) is 11.1. The van der Waals surface area contributed by atoms with E-state index in [-0.39, 0.29) is 0 Å². The molecule has 1 aromatic carbocycles. The maximum Gasteiger partial charge on any atom is 0.222 e. The highest BCUT2D eigenvalue weighted by Crippen LogP contribution is 2.23. The maximum atomic E-state index is 12.4. The summed E-state index contributed by atoms with van der Waals surface area (Å²) < 4.78 is 0. The Morgan fingerprint density at radius 1 is 0.923 bits per heavy atom. The molecule has 0 saturated carbocycles. The first-order chi connectivity index (χ1) is 12.8. The second-order valence-corrected chi connectivity index (χ2v) is 8.07. The monoisotopic (exact) mass is 357 g/mol. The molecular formula is C24H39NO. The van der Waals surface area contributed by atoms with Crippen molar-refractivity contribution in [1.82, 2.24) is 4.90 Å². The fourth-order valence-corrected chi connectivity index (χ4v) is 4.10. The lowest BCUT2D eigenvalue weighted by Gasteiger charge is -2.32. The molecule has 1 saturated heterocycles. The van der Waals surface area contributed by atoms with Crippen LogP contribution in [0.2, 0.25) is 0 Å². The van der Waals surface area contributed by atoms with Crippen molar-refractivity contribution < 1.29 is 4.79 Å². The first kappa shape index (κ1) is 21.0. The van der Waals surface area contributed by atoms with E-state index in [0.29, 0.717) is 5.91 Å². The van der Waals surface area contributed by atoms with Gasteiger partial charge in [0.25, 0.3) is 0 Å². The minimum absolute atomic E-state index is 0.404. The smallest absolute Gasteiger partial charge is 0.222 e. The number of carbonyl (C=O) groups excluding carboxylic acids is 1. The van der Waals surface area contributed by atoms with Gasteiger partial charge >= 0.3 is 0 Å². The zero-order valence-corrected chi connectivity index (χ0v) is 16.9. The molecule has 0 bridgehead atoms.